The molecule has 7 heteroatoms. The van der Waals surface area contributed by atoms with E-state index in [-0.39, 0.29) is 12.8 Å². The number of hydrogen-bond donors (Lipinski definition) is 2. The highest BCUT2D eigenvalue weighted by Crippen LogP contribution is 2.29. The minimum absolute atomic E-state index is 0.0772. The molecule has 1 aromatic rings. The van der Waals surface area contributed by atoms with Crippen molar-refractivity contribution in [2.45, 2.75) is 18.6 Å². The summed E-state index contributed by atoms with van der Waals surface area (Å²) in [6.45, 7) is 0. The summed E-state index contributed by atoms with van der Waals surface area (Å²) in [6.07, 6.45) is -4.26. The van der Waals surface area contributed by atoms with E-state index in [9.17, 15) is 22.8 Å². The van der Waals surface area contributed by atoms with Gasteiger partial charge < -0.3 is 10.4 Å². The fourth-order valence-corrected chi connectivity index (χ4v) is 1.37. The average molecular weight is 261 g/mol. The lowest BCUT2D eigenvalue weighted by Crippen LogP contribution is -2.37. The van der Waals surface area contributed by atoms with Crippen LogP contribution >= 0.6 is 0 Å². The molecule has 1 aromatic carbocycles. The highest BCUT2D eigenvalue weighted by atomic mass is 19.4. The Hall–Kier alpha value is -2.05. The van der Waals surface area contributed by atoms with Gasteiger partial charge in [0.1, 0.15) is 6.04 Å². The molecule has 98 valence electrons. The molecule has 18 heavy (non-hydrogen) atoms. The summed E-state index contributed by atoms with van der Waals surface area (Å²) in [6, 6.07) is 2.96. The minimum Gasteiger partial charge on any atom is -0.480 e. The number of nitrogens with one attached hydrogen (secondary N) is 1. The summed E-state index contributed by atoms with van der Waals surface area (Å²) >= 11 is 0. The summed E-state index contributed by atoms with van der Waals surface area (Å²) in [7, 11) is 0. The second kappa shape index (κ2) is 5.52. The molecule has 0 aliphatic carbocycles. The largest absolute Gasteiger partial charge is 0.480 e. The smallest absolute Gasteiger partial charge is 0.416 e. The van der Waals surface area contributed by atoms with Gasteiger partial charge in [-0.25, -0.2) is 4.79 Å². The Morgan fingerprint density at radius 2 is 1.89 bits per heavy atom. The van der Waals surface area contributed by atoms with Crippen LogP contribution in [-0.2, 0) is 22.2 Å². The van der Waals surface area contributed by atoms with E-state index in [1.54, 1.807) is 0 Å². The van der Waals surface area contributed by atoms with Gasteiger partial charge in [-0.3, -0.25) is 4.79 Å². The molecule has 0 fully saturated rings. The van der Waals surface area contributed by atoms with E-state index < -0.39 is 23.8 Å². The van der Waals surface area contributed by atoms with Crippen LogP contribution in [0.3, 0.4) is 0 Å². The van der Waals surface area contributed by atoms with Crippen LogP contribution in [0.4, 0.5) is 13.2 Å². The van der Waals surface area contributed by atoms with Crippen molar-refractivity contribution in [1.29, 1.82) is 0 Å². The minimum atomic E-state index is -4.42. The van der Waals surface area contributed by atoms with E-state index in [0.717, 1.165) is 12.1 Å². The van der Waals surface area contributed by atoms with Gasteiger partial charge >= 0.3 is 12.1 Å². The summed E-state index contributed by atoms with van der Waals surface area (Å²) < 4.78 is 36.8. The molecule has 1 amide bonds. The number of aliphatic carboxylic acids is 1. The second-order valence-corrected chi connectivity index (χ2v) is 3.57. The van der Waals surface area contributed by atoms with Crippen LogP contribution in [0.2, 0.25) is 0 Å². The van der Waals surface area contributed by atoms with Crippen molar-refractivity contribution in [2.75, 3.05) is 0 Å². The Morgan fingerprint density at radius 3 is 2.28 bits per heavy atom. The molecule has 2 N–H and O–H groups in total. The molecule has 0 aliphatic rings. The molecule has 1 atom stereocenters. The predicted octanol–water partition coefficient (Wildman–Crippen LogP) is 1.45. The lowest BCUT2D eigenvalue weighted by Gasteiger charge is -2.12. The van der Waals surface area contributed by atoms with E-state index in [1.807, 2.05) is 0 Å². The normalized spacial score (nSPS) is 12.8. The third-order valence-electron chi connectivity index (χ3n) is 2.29. The number of carboxylic acid groups (broad SMARTS) is 1. The first-order chi connectivity index (χ1) is 8.34. The molecule has 1 unspecified atom stereocenters. The van der Waals surface area contributed by atoms with E-state index in [1.165, 1.54) is 12.1 Å². The monoisotopic (exact) mass is 261 g/mol. The second-order valence-electron chi connectivity index (χ2n) is 3.57. The number of rotatable bonds is 5. The topological polar surface area (TPSA) is 66.4 Å². The van der Waals surface area contributed by atoms with Crippen molar-refractivity contribution in [3.8, 4) is 0 Å². The van der Waals surface area contributed by atoms with Gasteiger partial charge in [0.15, 0.2) is 0 Å². The average Bonchev–Trinajstić information content (AvgIpc) is 2.28. The van der Waals surface area contributed by atoms with Crippen LogP contribution in [0.5, 0.6) is 0 Å². The molecule has 0 radical (unpaired) electrons. The maximum absolute atomic E-state index is 12.3. The first-order valence-electron chi connectivity index (χ1n) is 4.93. The Morgan fingerprint density at radius 1 is 1.33 bits per heavy atom. The number of carboxylic acids is 1. The number of halogens is 3. The standard InChI is InChI=1S/C11H10F3NO3/c12-11(13,14)8-3-1-7(2-4-8)5-9(10(17)18)15-6-16/h1-4,6,9H,5H2,(H,15,16)(H,17,18). The molecule has 0 aliphatic heterocycles. The highest BCUT2D eigenvalue weighted by Gasteiger charge is 2.30. The number of carbonyl (C=O) groups is 2. The Bertz CT molecular complexity index is 428. The van der Waals surface area contributed by atoms with Gasteiger partial charge in [0.25, 0.3) is 0 Å². The zero-order valence-electron chi connectivity index (χ0n) is 9.07. The number of alkyl halides is 3. The third kappa shape index (κ3) is 3.76. The Kier molecular flexibility index (Phi) is 4.30. The zero-order chi connectivity index (χ0) is 13.8. The van der Waals surface area contributed by atoms with Gasteiger partial charge in [0.2, 0.25) is 6.41 Å². The number of benzene rings is 1. The van der Waals surface area contributed by atoms with Crippen molar-refractivity contribution < 1.29 is 27.9 Å². The summed E-state index contributed by atoms with van der Waals surface area (Å²) in [5.41, 5.74) is -0.411. The van der Waals surface area contributed by atoms with Crippen LogP contribution in [0.1, 0.15) is 11.1 Å². The van der Waals surface area contributed by atoms with Gasteiger partial charge in [-0.15, -0.1) is 0 Å². The summed E-state index contributed by atoms with van der Waals surface area (Å²) in [5, 5.41) is 10.8. The van der Waals surface area contributed by atoms with Gasteiger partial charge in [0.05, 0.1) is 5.56 Å². The first kappa shape index (κ1) is 14.0. The van der Waals surface area contributed by atoms with Gasteiger partial charge in [-0.05, 0) is 17.7 Å². The molecule has 0 saturated heterocycles. The highest BCUT2D eigenvalue weighted by molar-refractivity contribution is 5.76. The van der Waals surface area contributed by atoms with Crippen LogP contribution in [-0.4, -0.2) is 23.5 Å². The van der Waals surface area contributed by atoms with Gasteiger partial charge in [-0.1, -0.05) is 12.1 Å². The van der Waals surface area contributed by atoms with Crippen molar-refractivity contribution in [3.05, 3.63) is 35.4 Å². The van der Waals surface area contributed by atoms with Crippen LogP contribution < -0.4 is 5.32 Å². The quantitative estimate of drug-likeness (QED) is 0.788. The fraction of sp³-hybridized carbons (Fsp3) is 0.273. The molecule has 4 nitrogen and oxygen atoms in total. The van der Waals surface area contributed by atoms with Crippen LogP contribution in [0.15, 0.2) is 24.3 Å². The van der Waals surface area contributed by atoms with Gasteiger partial charge in [0, 0.05) is 6.42 Å². The summed E-state index contributed by atoms with van der Waals surface area (Å²) in [5.74, 6) is -1.25. The molecule has 1 rings (SSSR count). The van der Waals surface area contributed by atoms with Crippen molar-refractivity contribution >= 4 is 12.4 Å². The maximum atomic E-state index is 12.3. The SMILES string of the molecule is O=CNC(Cc1ccc(C(F)(F)F)cc1)C(=O)O. The van der Waals surface area contributed by atoms with E-state index in [0.29, 0.717) is 5.56 Å². The van der Waals surface area contributed by atoms with Crippen LogP contribution in [0, 0.1) is 0 Å². The predicted molar refractivity (Wildman–Crippen MR) is 55.8 cm³/mol. The molecule has 0 aromatic heterocycles. The first-order valence-corrected chi connectivity index (χ1v) is 4.93. The molecule has 0 spiro atoms. The van der Waals surface area contributed by atoms with E-state index in [2.05, 4.69) is 5.32 Å². The van der Waals surface area contributed by atoms with Crippen molar-refractivity contribution in [1.82, 2.24) is 5.32 Å². The number of amides is 1. The number of hydrogen-bond acceptors (Lipinski definition) is 2. The zero-order valence-corrected chi connectivity index (χ0v) is 9.07. The molecule has 0 heterocycles. The Labute approximate surface area is 100 Å². The summed E-state index contributed by atoms with van der Waals surface area (Å²) in [4.78, 5) is 20.9. The number of carbonyl (C=O) groups excluding carboxylic acids is 1. The fourth-order valence-electron chi connectivity index (χ4n) is 1.37. The lowest BCUT2D eigenvalue weighted by atomic mass is 10.0. The van der Waals surface area contributed by atoms with Gasteiger partial charge in [-0.2, -0.15) is 13.2 Å². The van der Waals surface area contributed by atoms with Crippen LogP contribution in [0.25, 0.3) is 0 Å². The maximum Gasteiger partial charge on any atom is 0.416 e. The molecule has 0 bridgehead atoms. The molecule has 0 saturated carbocycles. The van der Waals surface area contributed by atoms with E-state index in [4.69, 9.17) is 5.11 Å². The third-order valence-corrected chi connectivity index (χ3v) is 2.29. The lowest BCUT2D eigenvalue weighted by molar-refractivity contribution is -0.140. The van der Waals surface area contributed by atoms with Crippen molar-refractivity contribution in [3.63, 3.8) is 0 Å². The molecular formula is C11H10F3NO3. The van der Waals surface area contributed by atoms with E-state index >= 15 is 0 Å². The Balaban J connectivity index is 2.79. The molecular weight excluding hydrogens is 251 g/mol. The van der Waals surface area contributed by atoms with Crippen molar-refractivity contribution in [2.24, 2.45) is 0 Å².